The van der Waals surface area contributed by atoms with Crippen LogP contribution >= 0.6 is 0 Å². The van der Waals surface area contributed by atoms with Crippen LogP contribution < -0.4 is 11.9 Å². The van der Waals surface area contributed by atoms with Crippen molar-refractivity contribution in [3.05, 3.63) is 11.6 Å². The highest BCUT2D eigenvalue weighted by atomic mass is 15.1. The van der Waals surface area contributed by atoms with Gasteiger partial charge in [0.25, 0.3) is 0 Å². The second kappa shape index (κ2) is 3.16. The molecule has 0 radical (unpaired) electrons. The number of nitrogens with two attached hydrogens (primary N) is 1. The first-order valence-corrected chi connectivity index (χ1v) is 4.84. The van der Waals surface area contributed by atoms with Crippen LogP contribution in [0.3, 0.4) is 0 Å². The minimum absolute atomic E-state index is 0. The van der Waals surface area contributed by atoms with Crippen LogP contribution in [0.15, 0.2) is 0 Å². The van der Waals surface area contributed by atoms with Crippen molar-refractivity contribution in [1.29, 1.82) is 0 Å². The van der Waals surface area contributed by atoms with Gasteiger partial charge in [0.15, 0.2) is 0 Å². The van der Waals surface area contributed by atoms with Crippen LogP contribution in [0.1, 0.15) is 49.2 Å². The lowest BCUT2D eigenvalue weighted by Crippen LogP contribution is -2.05. The zero-order valence-electron chi connectivity index (χ0n) is 8.11. The highest BCUT2D eigenvalue weighted by Gasteiger charge is 2.31. The van der Waals surface area contributed by atoms with Crippen LogP contribution in [0.4, 0.5) is 5.95 Å². The summed E-state index contributed by atoms with van der Waals surface area (Å²) in [4.78, 5) is 12.8. The second-order valence-electron chi connectivity index (χ2n) is 3.96. The van der Waals surface area contributed by atoms with Gasteiger partial charge in [-0.15, -0.1) is 0 Å². The van der Waals surface area contributed by atoms with E-state index in [9.17, 15) is 0 Å². The topological polar surface area (TPSA) is 99.7 Å². The minimum atomic E-state index is 0. The molecule has 2 saturated carbocycles. The van der Waals surface area contributed by atoms with Gasteiger partial charge in [0.1, 0.15) is 11.6 Å². The Kier molecular flexibility index (Phi) is 2.11. The third-order valence-electron chi connectivity index (χ3n) is 2.57. The summed E-state index contributed by atoms with van der Waals surface area (Å²) in [5.41, 5.74) is 5.63. The predicted molar refractivity (Wildman–Crippen MR) is 53.2 cm³/mol. The molecule has 0 spiro atoms. The van der Waals surface area contributed by atoms with Crippen LogP contribution in [-0.4, -0.2) is 15.0 Å². The van der Waals surface area contributed by atoms with Crippen molar-refractivity contribution < 1.29 is 0 Å². The zero-order chi connectivity index (χ0) is 8.84. The van der Waals surface area contributed by atoms with Gasteiger partial charge in [0.2, 0.25) is 5.95 Å². The Hall–Kier alpha value is -1.23. The molecule has 2 aliphatic carbocycles. The van der Waals surface area contributed by atoms with E-state index in [0.717, 1.165) is 11.6 Å². The fourth-order valence-electron chi connectivity index (χ4n) is 1.48. The summed E-state index contributed by atoms with van der Waals surface area (Å²) in [7, 11) is 0. The number of nitrogen functional groups attached to an aromatic ring is 1. The van der Waals surface area contributed by atoms with E-state index in [4.69, 9.17) is 5.73 Å². The third kappa shape index (κ3) is 1.68. The first kappa shape index (κ1) is 9.33. The van der Waals surface area contributed by atoms with Crippen molar-refractivity contribution in [2.24, 2.45) is 0 Å². The van der Waals surface area contributed by atoms with Crippen molar-refractivity contribution >= 4 is 5.95 Å². The largest absolute Gasteiger partial charge is 0.368 e. The molecule has 0 saturated heterocycles. The molecule has 2 fully saturated rings. The molecule has 0 unspecified atom stereocenters. The van der Waals surface area contributed by atoms with E-state index in [0.29, 0.717) is 17.8 Å². The summed E-state index contributed by atoms with van der Waals surface area (Å²) < 4.78 is 0. The molecule has 2 aliphatic rings. The number of nitrogens with zero attached hydrogens (tertiary/aromatic N) is 3. The summed E-state index contributed by atoms with van der Waals surface area (Å²) in [6.45, 7) is 0. The fraction of sp³-hybridized carbons (Fsp3) is 0.667. The van der Waals surface area contributed by atoms with Crippen molar-refractivity contribution in [3.8, 4) is 0 Å². The van der Waals surface area contributed by atoms with Crippen molar-refractivity contribution in [2.75, 3.05) is 5.73 Å². The molecule has 0 atom stereocenters. The maximum atomic E-state index is 5.63. The summed E-state index contributed by atoms with van der Waals surface area (Å²) in [6.07, 6.45) is 4.86. The van der Waals surface area contributed by atoms with E-state index in [2.05, 4.69) is 15.0 Å². The van der Waals surface area contributed by atoms with Gasteiger partial charge in [-0.25, -0.2) is 4.98 Å². The maximum Gasteiger partial charge on any atom is 0.223 e. The summed E-state index contributed by atoms with van der Waals surface area (Å²) in [5, 5.41) is 0. The van der Waals surface area contributed by atoms with Gasteiger partial charge in [0, 0.05) is 11.8 Å². The van der Waals surface area contributed by atoms with E-state index in [1.54, 1.807) is 0 Å². The maximum absolute atomic E-state index is 5.63. The molecule has 5 N–H and O–H groups in total. The SMILES string of the molecule is N.Nc1nc(C2CC2)nc(C2CC2)n1. The van der Waals surface area contributed by atoms with Crippen LogP contribution in [0, 0.1) is 0 Å². The lowest BCUT2D eigenvalue weighted by molar-refractivity contribution is 0.821. The van der Waals surface area contributed by atoms with Gasteiger partial charge >= 0.3 is 0 Å². The third-order valence-corrected chi connectivity index (χ3v) is 2.57. The van der Waals surface area contributed by atoms with Crippen molar-refractivity contribution in [1.82, 2.24) is 21.1 Å². The fourth-order valence-corrected chi connectivity index (χ4v) is 1.48. The van der Waals surface area contributed by atoms with E-state index < -0.39 is 0 Å². The predicted octanol–water partition coefficient (Wildman–Crippen LogP) is 1.37. The molecule has 0 aliphatic heterocycles. The van der Waals surface area contributed by atoms with E-state index >= 15 is 0 Å². The first-order valence-electron chi connectivity index (χ1n) is 4.84. The highest BCUT2D eigenvalue weighted by Crippen LogP contribution is 2.41. The zero-order valence-corrected chi connectivity index (χ0v) is 8.11. The van der Waals surface area contributed by atoms with E-state index in [-0.39, 0.29) is 6.15 Å². The Morgan fingerprint density at radius 1 is 0.857 bits per heavy atom. The molecule has 0 amide bonds. The van der Waals surface area contributed by atoms with Gasteiger partial charge in [-0.05, 0) is 25.7 Å². The number of aromatic nitrogens is 3. The number of anilines is 1. The minimum Gasteiger partial charge on any atom is -0.368 e. The van der Waals surface area contributed by atoms with Gasteiger partial charge in [0.05, 0.1) is 0 Å². The van der Waals surface area contributed by atoms with E-state index in [1.807, 2.05) is 0 Å². The van der Waals surface area contributed by atoms with Crippen molar-refractivity contribution in [2.45, 2.75) is 37.5 Å². The standard InChI is InChI=1S/C9H12N4.H3N/c10-9-12-7(5-1-2-5)11-8(13-9)6-3-4-6;/h5-6H,1-4H2,(H2,10,11,12,13);1H3. The van der Waals surface area contributed by atoms with Crippen LogP contribution in [-0.2, 0) is 0 Å². The summed E-state index contributed by atoms with van der Waals surface area (Å²) >= 11 is 0. The first-order chi connectivity index (χ1) is 6.33. The Bertz CT molecular complexity index is 313. The molecule has 5 nitrogen and oxygen atoms in total. The summed E-state index contributed by atoms with van der Waals surface area (Å²) in [5.74, 6) is 3.40. The highest BCUT2D eigenvalue weighted by molar-refractivity contribution is 5.22. The Morgan fingerprint density at radius 3 is 1.64 bits per heavy atom. The lowest BCUT2D eigenvalue weighted by Gasteiger charge is -2.01. The molecule has 76 valence electrons. The quantitative estimate of drug-likeness (QED) is 0.738. The lowest BCUT2D eigenvalue weighted by atomic mass is 10.3. The van der Waals surface area contributed by atoms with E-state index in [1.165, 1.54) is 25.7 Å². The molecule has 0 aromatic carbocycles. The molecule has 14 heavy (non-hydrogen) atoms. The number of hydrogen-bond donors (Lipinski definition) is 2. The molecule has 3 rings (SSSR count). The smallest absolute Gasteiger partial charge is 0.223 e. The molecule has 1 heterocycles. The molecule has 1 aromatic rings. The Balaban J connectivity index is 0.000000750. The molecule has 0 bridgehead atoms. The van der Waals surface area contributed by atoms with Crippen molar-refractivity contribution in [3.63, 3.8) is 0 Å². The van der Waals surface area contributed by atoms with Crippen LogP contribution in [0.5, 0.6) is 0 Å². The normalized spacial score (nSPS) is 20.3. The van der Waals surface area contributed by atoms with Gasteiger partial charge in [-0.2, -0.15) is 9.97 Å². The molecular formula is C9H15N5. The number of rotatable bonds is 2. The van der Waals surface area contributed by atoms with Crippen LogP contribution in [0.25, 0.3) is 0 Å². The number of hydrogen-bond acceptors (Lipinski definition) is 5. The molecular weight excluding hydrogens is 178 g/mol. The monoisotopic (exact) mass is 193 g/mol. The average molecular weight is 193 g/mol. The Labute approximate surface area is 82.7 Å². The average Bonchev–Trinajstić information content (AvgIpc) is 2.98. The molecule has 1 aromatic heterocycles. The van der Waals surface area contributed by atoms with Gasteiger partial charge in [-0.3, -0.25) is 0 Å². The Morgan fingerprint density at radius 2 is 1.29 bits per heavy atom. The molecule has 5 heteroatoms. The summed E-state index contributed by atoms with van der Waals surface area (Å²) in [6, 6.07) is 0. The second-order valence-corrected chi connectivity index (χ2v) is 3.96. The van der Waals surface area contributed by atoms with Gasteiger partial charge < -0.3 is 11.9 Å². The van der Waals surface area contributed by atoms with Crippen LogP contribution in [0.2, 0.25) is 0 Å². The van der Waals surface area contributed by atoms with Gasteiger partial charge in [-0.1, -0.05) is 0 Å².